The van der Waals surface area contributed by atoms with Gasteiger partial charge >= 0.3 is 0 Å². The molecule has 0 aromatic rings. The lowest BCUT2D eigenvalue weighted by atomic mass is 9.45. The molecule has 0 spiro atoms. The smallest absolute Gasteiger partial charge is 0.123 e. The molecule has 4 heteroatoms. The van der Waals surface area contributed by atoms with Crippen molar-refractivity contribution in [1.82, 2.24) is 0 Å². The molecule has 0 saturated heterocycles. The number of allylic oxidation sites excluding steroid dienone is 3. The van der Waals surface area contributed by atoms with E-state index in [1.807, 2.05) is 19.1 Å². The molecule has 0 aliphatic heterocycles. The number of halogens is 1. The lowest BCUT2D eigenvalue weighted by molar-refractivity contribution is -0.153. The summed E-state index contributed by atoms with van der Waals surface area (Å²) in [6.07, 6.45) is 8.43. The van der Waals surface area contributed by atoms with Crippen LogP contribution in [-0.2, 0) is 0 Å². The van der Waals surface area contributed by atoms with Crippen molar-refractivity contribution in [2.45, 2.75) is 63.8 Å². The zero-order valence-electron chi connectivity index (χ0n) is 14.0. The highest BCUT2D eigenvalue weighted by Gasteiger charge is 2.68. The van der Waals surface area contributed by atoms with E-state index in [4.69, 9.17) is 5.73 Å². The number of hydrogen-bond donors (Lipinski definition) is 3. The first kappa shape index (κ1) is 15.6. The van der Waals surface area contributed by atoms with Crippen LogP contribution in [0.15, 0.2) is 24.0 Å². The largest absolute Gasteiger partial charge is 0.508 e. The van der Waals surface area contributed by atoms with E-state index in [9.17, 15) is 10.2 Å². The van der Waals surface area contributed by atoms with Crippen LogP contribution in [0.5, 0.6) is 0 Å². The summed E-state index contributed by atoms with van der Waals surface area (Å²) in [5.41, 5.74) is 4.28. The Bertz CT molecular complexity index is 590. The molecule has 0 aromatic carbocycles. The van der Waals surface area contributed by atoms with Crippen LogP contribution in [0.3, 0.4) is 0 Å². The van der Waals surface area contributed by atoms with Gasteiger partial charge in [0.2, 0.25) is 0 Å². The quantitative estimate of drug-likeness (QED) is 0.641. The van der Waals surface area contributed by atoms with Crippen LogP contribution < -0.4 is 5.73 Å². The lowest BCUT2D eigenvalue weighted by Gasteiger charge is -2.61. The number of aliphatic hydroxyl groups excluding tert-OH is 2. The van der Waals surface area contributed by atoms with E-state index >= 15 is 4.39 Å². The van der Waals surface area contributed by atoms with Gasteiger partial charge in [0.1, 0.15) is 11.4 Å². The predicted molar refractivity (Wildman–Crippen MR) is 87.4 cm³/mol. The summed E-state index contributed by atoms with van der Waals surface area (Å²) < 4.78 is 16.4. The molecule has 4 aliphatic rings. The number of rotatable bonds is 0. The number of nitrogens with two attached hydrogens (primary N) is 1. The van der Waals surface area contributed by atoms with Gasteiger partial charge in [0.15, 0.2) is 0 Å². The fourth-order valence-electron chi connectivity index (χ4n) is 6.40. The Morgan fingerprint density at radius 1 is 1.22 bits per heavy atom. The van der Waals surface area contributed by atoms with Crippen molar-refractivity contribution in [2.24, 2.45) is 34.3 Å². The Hall–Kier alpha value is -0.870. The van der Waals surface area contributed by atoms with Crippen molar-refractivity contribution < 1.29 is 14.6 Å². The minimum atomic E-state index is -1.28. The molecule has 0 amide bonds. The maximum atomic E-state index is 16.4. The maximum absolute atomic E-state index is 16.4. The van der Waals surface area contributed by atoms with Crippen LogP contribution in [-0.4, -0.2) is 28.0 Å². The Kier molecular flexibility index (Phi) is 3.13. The third kappa shape index (κ3) is 1.77. The van der Waals surface area contributed by atoms with Gasteiger partial charge in [0.05, 0.1) is 6.10 Å². The summed E-state index contributed by atoms with van der Waals surface area (Å²) in [5.74, 6) is 0.410. The van der Waals surface area contributed by atoms with Gasteiger partial charge in [0, 0.05) is 11.5 Å². The van der Waals surface area contributed by atoms with Gasteiger partial charge < -0.3 is 15.9 Å². The zero-order chi connectivity index (χ0) is 16.6. The molecule has 0 aromatic heterocycles. The molecule has 0 bridgehead atoms. The van der Waals surface area contributed by atoms with Crippen molar-refractivity contribution in [2.75, 3.05) is 0 Å². The van der Waals surface area contributed by atoms with Gasteiger partial charge in [-0.2, -0.15) is 0 Å². The van der Waals surface area contributed by atoms with Crippen LogP contribution in [0.2, 0.25) is 0 Å². The first-order chi connectivity index (χ1) is 10.7. The highest BCUT2D eigenvalue weighted by atomic mass is 19.1. The maximum Gasteiger partial charge on any atom is 0.123 e. The fraction of sp³-hybridized carbons (Fsp3) is 0.789. The topological polar surface area (TPSA) is 66.5 Å². The van der Waals surface area contributed by atoms with Crippen LogP contribution in [0.4, 0.5) is 4.39 Å². The minimum Gasteiger partial charge on any atom is -0.508 e. The van der Waals surface area contributed by atoms with Gasteiger partial charge in [-0.05, 0) is 67.4 Å². The molecule has 4 rings (SSSR count). The lowest BCUT2D eigenvalue weighted by Crippen LogP contribution is -2.62. The molecule has 0 heterocycles. The average Bonchev–Trinajstić information content (AvgIpc) is 2.73. The molecule has 23 heavy (non-hydrogen) atoms. The van der Waals surface area contributed by atoms with Gasteiger partial charge in [-0.3, -0.25) is 0 Å². The highest BCUT2D eigenvalue weighted by molar-refractivity contribution is 5.31. The number of aliphatic hydroxyl groups is 2. The zero-order valence-corrected chi connectivity index (χ0v) is 14.0. The van der Waals surface area contributed by atoms with E-state index in [0.29, 0.717) is 12.8 Å². The molecule has 8 atom stereocenters. The van der Waals surface area contributed by atoms with E-state index < -0.39 is 17.2 Å². The fourth-order valence-corrected chi connectivity index (χ4v) is 6.40. The third-order valence-electron chi connectivity index (χ3n) is 8.05. The standard InChI is InChI=1S/C19H28FNO2/c1-17-7-8-19(20)13(14(17)10-15(23)16(17)21)4-3-11-9-12(22)5-6-18(11,19)2/h5-6,9,11,13-16,22-23H,3-4,7-8,10,21H2,1-2H3/t11-,13+,14+,15-,16+,17+,18+,19-/m1/s1. The summed E-state index contributed by atoms with van der Waals surface area (Å²) in [4.78, 5) is 0. The Balaban J connectivity index is 1.75. The number of alkyl halides is 1. The molecular formula is C19H28FNO2. The molecule has 4 aliphatic carbocycles. The predicted octanol–water partition coefficient (Wildman–Crippen LogP) is 3.25. The second-order valence-electron chi connectivity index (χ2n) is 8.80. The molecule has 0 radical (unpaired) electrons. The Morgan fingerprint density at radius 3 is 2.70 bits per heavy atom. The van der Waals surface area contributed by atoms with Crippen molar-refractivity contribution in [1.29, 1.82) is 0 Å². The molecule has 4 N–H and O–H groups in total. The van der Waals surface area contributed by atoms with Crippen molar-refractivity contribution in [3.63, 3.8) is 0 Å². The van der Waals surface area contributed by atoms with Crippen LogP contribution >= 0.6 is 0 Å². The van der Waals surface area contributed by atoms with Crippen LogP contribution in [0, 0.1) is 28.6 Å². The minimum absolute atomic E-state index is 0.0519. The summed E-state index contributed by atoms with van der Waals surface area (Å²) in [6, 6.07) is -0.242. The summed E-state index contributed by atoms with van der Waals surface area (Å²) in [7, 11) is 0. The van der Waals surface area contributed by atoms with E-state index in [-0.39, 0.29) is 35.0 Å². The first-order valence-corrected chi connectivity index (χ1v) is 8.95. The van der Waals surface area contributed by atoms with Crippen molar-refractivity contribution in [3.8, 4) is 0 Å². The Labute approximate surface area is 137 Å². The number of fused-ring (bicyclic) bond motifs is 5. The second-order valence-corrected chi connectivity index (χ2v) is 8.80. The SMILES string of the molecule is C[C@]12CC[C@@]3(F)[C@@H](CC[C@@H]4C=C(O)C=C[C@@]43C)[C@@H]1C[C@@H](O)[C@@H]2N. The molecule has 3 nitrogen and oxygen atoms in total. The molecular weight excluding hydrogens is 293 g/mol. The van der Waals surface area contributed by atoms with Gasteiger partial charge in [0.25, 0.3) is 0 Å². The van der Waals surface area contributed by atoms with Gasteiger partial charge in [-0.1, -0.05) is 19.9 Å². The van der Waals surface area contributed by atoms with Crippen molar-refractivity contribution in [3.05, 3.63) is 24.0 Å². The van der Waals surface area contributed by atoms with E-state index in [1.54, 1.807) is 6.08 Å². The molecule has 3 fully saturated rings. The van der Waals surface area contributed by atoms with Crippen LogP contribution in [0.25, 0.3) is 0 Å². The average molecular weight is 321 g/mol. The Morgan fingerprint density at radius 2 is 1.96 bits per heavy atom. The summed E-state index contributed by atoms with van der Waals surface area (Å²) >= 11 is 0. The van der Waals surface area contributed by atoms with E-state index in [0.717, 1.165) is 19.3 Å². The van der Waals surface area contributed by atoms with E-state index in [2.05, 4.69) is 6.92 Å². The van der Waals surface area contributed by atoms with Crippen LogP contribution in [0.1, 0.15) is 46.0 Å². The monoisotopic (exact) mass is 321 g/mol. The summed E-state index contributed by atoms with van der Waals surface area (Å²) in [5, 5.41) is 20.1. The molecule has 3 saturated carbocycles. The molecule has 0 unspecified atom stereocenters. The third-order valence-corrected chi connectivity index (χ3v) is 8.05. The normalized spacial score (nSPS) is 58.1. The van der Waals surface area contributed by atoms with Gasteiger partial charge in [-0.25, -0.2) is 4.39 Å². The number of hydrogen-bond acceptors (Lipinski definition) is 3. The molecule has 128 valence electrons. The highest BCUT2D eigenvalue weighted by Crippen LogP contribution is 2.67. The van der Waals surface area contributed by atoms with Gasteiger partial charge in [-0.15, -0.1) is 0 Å². The first-order valence-electron chi connectivity index (χ1n) is 8.95. The second kappa shape index (κ2) is 4.60. The summed E-state index contributed by atoms with van der Waals surface area (Å²) in [6.45, 7) is 4.16. The van der Waals surface area contributed by atoms with Crippen molar-refractivity contribution >= 4 is 0 Å². The van der Waals surface area contributed by atoms with E-state index in [1.165, 1.54) is 0 Å².